The normalized spacial score (nSPS) is 15.3. The van der Waals surface area contributed by atoms with Crippen molar-refractivity contribution in [2.45, 2.75) is 16.9 Å². The molecule has 3 aromatic rings. The van der Waals surface area contributed by atoms with Crippen LogP contribution in [0.25, 0.3) is 0 Å². The number of hydrogen-bond acceptors (Lipinski definition) is 5. The minimum Gasteiger partial charge on any atom is -0.369 e. The Hall–Kier alpha value is -2.60. The SMILES string of the molecule is O=C(NCc1ccc(S(=O)(=O)N2CCN(c3ccc(C(F)(F)F)cc3)CC2)s1)c1ccc(Cl)cc1. The standard InChI is InChI=1S/C23H21ClF3N3O3S2/c24-18-5-1-16(2-6-18)22(31)28-15-20-9-10-21(34-20)35(32,33)30-13-11-29(12-14-30)19-7-3-17(4-8-19)23(25,26)27/h1-10H,11-15H2,(H,28,31). The van der Waals surface area contributed by atoms with Gasteiger partial charge in [-0.05, 0) is 60.7 Å². The zero-order chi connectivity index (χ0) is 25.2. The lowest BCUT2D eigenvalue weighted by atomic mass is 10.2. The summed E-state index contributed by atoms with van der Waals surface area (Å²) in [5, 5.41) is 3.28. The van der Waals surface area contributed by atoms with Crippen molar-refractivity contribution in [2.75, 3.05) is 31.1 Å². The van der Waals surface area contributed by atoms with E-state index in [9.17, 15) is 26.4 Å². The number of halogens is 4. The number of benzene rings is 2. The first-order valence-electron chi connectivity index (χ1n) is 10.6. The summed E-state index contributed by atoms with van der Waals surface area (Å²) in [6.07, 6.45) is -4.40. The lowest BCUT2D eigenvalue weighted by Gasteiger charge is -2.35. The molecule has 1 fully saturated rings. The van der Waals surface area contributed by atoms with Gasteiger partial charge in [0.2, 0.25) is 0 Å². The Balaban J connectivity index is 1.34. The van der Waals surface area contributed by atoms with E-state index in [1.54, 1.807) is 30.3 Å². The molecule has 0 aliphatic carbocycles. The zero-order valence-corrected chi connectivity index (χ0v) is 20.6. The van der Waals surface area contributed by atoms with Gasteiger partial charge in [0.1, 0.15) is 4.21 Å². The number of amides is 1. The highest BCUT2D eigenvalue weighted by Gasteiger charge is 2.32. The molecule has 0 saturated carbocycles. The minimum atomic E-state index is -4.40. The summed E-state index contributed by atoms with van der Waals surface area (Å²) in [6.45, 7) is 1.33. The molecule has 1 aliphatic heterocycles. The van der Waals surface area contributed by atoms with Crippen molar-refractivity contribution in [1.82, 2.24) is 9.62 Å². The summed E-state index contributed by atoms with van der Waals surface area (Å²) in [6, 6.07) is 14.5. The van der Waals surface area contributed by atoms with E-state index in [2.05, 4.69) is 5.32 Å². The maximum absolute atomic E-state index is 13.1. The van der Waals surface area contributed by atoms with Gasteiger partial charge in [-0.2, -0.15) is 17.5 Å². The number of carbonyl (C=O) groups excluding carboxylic acids is 1. The fourth-order valence-corrected chi connectivity index (χ4v) is 6.64. The molecule has 0 radical (unpaired) electrons. The first kappa shape index (κ1) is 25.5. The number of sulfonamides is 1. The molecule has 4 rings (SSSR count). The largest absolute Gasteiger partial charge is 0.416 e. The highest BCUT2D eigenvalue weighted by atomic mass is 35.5. The number of hydrogen-bond donors (Lipinski definition) is 1. The first-order chi connectivity index (χ1) is 16.5. The third-order valence-corrected chi connectivity index (χ3v) is 9.26. The van der Waals surface area contributed by atoms with Crippen molar-refractivity contribution in [3.63, 3.8) is 0 Å². The van der Waals surface area contributed by atoms with Crippen LogP contribution < -0.4 is 10.2 Å². The number of anilines is 1. The molecule has 0 atom stereocenters. The van der Waals surface area contributed by atoms with Crippen LogP contribution in [-0.4, -0.2) is 44.8 Å². The molecule has 0 bridgehead atoms. The second-order valence-electron chi connectivity index (χ2n) is 7.85. The summed E-state index contributed by atoms with van der Waals surface area (Å²) in [5.74, 6) is -0.293. The van der Waals surface area contributed by atoms with E-state index in [0.717, 1.165) is 23.5 Å². The van der Waals surface area contributed by atoms with Crippen LogP contribution in [0.15, 0.2) is 64.9 Å². The third-order valence-electron chi connectivity index (χ3n) is 5.56. The van der Waals surface area contributed by atoms with Crippen molar-refractivity contribution in [2.24, 2.45) is 0 Å². The minimum absolute atomic E-state index is 0.177. The number of carbonyl (C=O) groups is 1. The van der Waals surface area contributed by atoms with E-state index in [1.165, 1.54) is 22.5 Å². The Labute approximate surface area is 210 Å². The van der Waals surface area contributed by atoms with Crippen LogP contribution in [0.1, 0.15) is 20.8 Å². The average Bonchev–Trinajstić information content (AvgIpc) is 3.33. The van der Waals surface area contributed by atoms with Crippen LogP contribution in [0.5, 0.6) is 0 Å². The topological polar surface area (TPSA) is 69.7 Å². The molecule has 186 valence electrons. The van der Waals surface area contributed by atoms with E-state index < -0.39 is 21.8 Å². The molecule has 1 N–H and O–H groups in total. The van der Waals surface area contributed by atoms with Crippen molar-refractivity contribution in [1.29, 1.82) is 0 Å². The molecular formula is C23H21ClF3N3O3S2. The van der Waals surface area contributed by atoms with Gasteiger partial charge in [-0.3, -0.25) is 4.79 Å². The molecule has 0 spiro atoms. The van der Waals surface area contributed by atoms with Crippen LogP contribution in [0, 0.1) is 0 Å². The summed E-state index contributed by atoms with van der Waals surface area (Å²) in [4.78, 5) is 14.8. The number of nitrogens with zero attached hydrogens (tertiary/aromatic N) is 2. The van der Waals surface area contributed by atoms with E-state index >= 15 is 0 Å². The molecule has 1 aliphatic rings. The lowest BCUT2D eigenvalue weighted by Crippen LogP contribution is -2.48. The van der Waals surface area contributed by atoms with Gasteiger partial charge in [0.05, 0.1) is 12.1 Å². The summed E-state index contributed by atoms with van der Waals surface area (Å²) in [5.41, 5.74) is 0.343. The predicted octanol–water partition coefficient (Wildman–Crippen LogP) is 4.86. The van der Waals surface area contributed by atoms with Crippen molar-refractivity contribution < 1.29 is 26.4 Å². The summed E-state index contributed by atoms with van der Waals surface area (Å²) < 4.78 is 66.0. The highest BCUT2D eigenvalue weighted by molar-refractivity contribution is 7.91. The first-order valence-corrected chi connectivity index (χ1v) is 13.2. The van der Waals surface area contributed by atoms with Gasteiger partial charge in [-0.25, -0.2) is 8.42 Å². The molecule has 1 amide bonds. The Morgan fingerprint density at radius 3 is 2.17 bits per heavy atom. The van der Waals surface area contributed by atoms with E-state index in [1.807, 2.05) is 4.90 Å². The fraction of sp³-hybridized carbons (Fsp3) is 0.261. The summed E-state index contributed by atoms with van der Waals surface area (Å²) >= 11 is 6.92. The zero-order valence-electron chi connectivity index (χ0n) is 18.3. The fourth-order valence-electron chi connectivity index (χ4n) is 3.64. The smallest absolute Gasteiger partial charge is 0.369 e. The lowest BCUT2D eigenvalue weighted by molar-refractivity contribution is -0.137. The third kappa shape index (κ3) is 5.97. The van der Waals surface area contributed by atoms with Gasteiger partial charge in [0, 0.05) is 47.3 Å². The number of rotatable bonds is 6. The maximum atomic E-state index is 13.1. The molecule has 35 heavy (non-hydrogen) atoms. The second-order valence-corrected chi connectivity index (χ2v) is 11.6. The molecule has 12 heteroatoms. The number of thiophene rings is 1. The molecule has 2 aromatic carbocycles. The van der Waals surface area contributed by atoms with Crippen LogP contribution in [0.3, 0.4) is 0 Å². The van der Waals surface area contributed by atoms with Gasteiger partial charge in [-0.1, -0.05) is 11.6 Å². The number of alkyl halides is 3. The predicted molar refractivity (Wildman–Crippen MR) is 129 cm³/mol. The summed E-state index contributed by atoms with van der Waals surface area (Å²) in [7, 11) is -3.72. The van der Waals surface area contributed by atoms with Gasteiger partial charge in [0.15, 0.2) is 0 Å². The van der Waals surface area contributed by atoms with Crippen LogP contribution in [-0.2, 0) is 22.7 Å². The molecule has 2 heterocycles. The van der Waals surface area contributed by atoms with Gasteiger partial charge in [0.25, 0.3) is 15.9 Å². The second kappa shape index (κ2) is 10.2. The van der Waals surface area contributed by atoms with Crippen LogP contribution in [0.2, 0.25) is 5.02 Å². The molecule has 0 unspecified atom stereocenters. The van der Waals surface area contributed by atoms with Gasteiger partial charge in [-0.15, -0.1) is 11.3 Å². The number of nitrogens with one attached hydrogen (secondary N) is 1. The Morgan fingerprint density at radius 1 is 0.943 bits per heavy atom. The Bertz CT molecular complexity index is 1290. The van der Waals surface area contributed by atoms with Gasteiger partial charge < -0.3 is 10.2 Å². The Morgan fingerprint density at radius 2 is 1.57 bits per heavy atom. The highest BCUT2D eigenvalue weighted by Crippen LogP contribution is 2.31. The quantitative estimate of drug-likeness (QED) is 0.482. The Kier molecular flexibility index (Phi) is 7.41. The van der Waals surface area contributed by atoms with E-state index in [4.69, 9.17) is 11.6 Å². The number of piperazine rings is 1. The van der Waals surface area contributed by atoms with Crippen molar-refractivity contribution in [3.8, 4) is 0 Å². The van der Waals surface area contributed by atoms with Crippen LogP contribution in [0.4, 0.5) is 18.9 Å². The molecular weight excluding hydrogens is 523 g/mol. The average molecular weight is 544 g/mol. The van der Waals surface area contributed by atoms with Crippen molar-refractivity contribution >= 4 is 44.6 Å². The molecule has 1 aromatic heterocycles. The monoisotopic (exact) mass is 543 g/mol. The van der Waals surface area contributed by atoms with E-state index in [0.29, 0.717) is 34.2 Å². The maximum Gasteiger partial charge on any atom is 0.416 e. The van der Waals surface area contributed by atoms with Crippen LogP contribution >= 0.6 is 22.9 Å². The van der Waals surface area contributed by atoms with Crippen molar-refractivity contribution in [3.05, 3.63) is 81.7 Å². The molecule has 6 nitrogen and oxygen atoms in total. The molecule has 1 saturated heterocycles. The van der Waals surface area contributed by atoms with E-state index in [-0.39, 0.29) is 29.8 Å². The van der Waals surface area contributed by atoms with Gasteiger partial charge >= 0.3 is 6.18 Å².